The number of halogens is 2. The van der Waals surface area contributed by atoms with Crippen LogP contribution in [0.5, 0.6) is 5.88 Å². The van der Waals surface area contributed by atoms with Crippen LogP contribution in [0.4, 0.5) is 8.78 Å². The summed E-state index contributed by atoms with van der Waals surface area (Å²) in [4.78, 5) is 15.8. The second-order valence-corrected chi connectivity index (χ2v) is 4.70. The van der Waals surface area contributed by atoms with Gasteiger partial charge < -0.3 is 10.1 Å². The molecule has 0 saturated heterocycles. The lowest BCUT2D eigenvalue weighted by atomic mass is 10.0. The second kappa shape index (κ2) is 5.81. The lowest BCUT2D eigenvalue weighted by Gasteiger charge is -2.23. The quantitative estimate of drug-likeness (QED) is 0.871. The molecule has 0 aliphatic rings. The second-order valence-electron chi connectivity index (χ2n) is 4.70. The number of hydrogen-bond donors (Lipinski definition) is 2. The molecular weight excluding hydrogens is 284 g/mol. The number of carbonyl (C=O) groups excluding carboxylic acids is 1. The molecule has 2 N–H and O–H groups in total. The third kappa shape index (κ3) is 3.71. The molecule has 0 bridgehead atoms. The van der Waals surface area contributed by atoms with Crippen LogP contribution in [0.1, 0.15) is 29.9 Å². The predicted octanol–water partition coefficient (Wildman–Crippen LogP) is 1.47. The van der Waals surface area contributed by atoms with Gasteiger partial charge in [-0.25, -0.2) is 4.98 Å². The Hall–Kier alpha value is -2.58. The number of nitrogens with zero attached hydrogens (tertiary/aromatic N) is 3. The monoisotopic (exact) mass is 297 g/mol. The van der Waals surface area contributed by atoms with Crippen molar-refractivity contribution in [3.8, 4) is 5.88 Å². The van der Waals surface area contributed by atoms with Gasteiger partial charge in [0, 0.05) is 17.8 Å². The summed E-state index contributed by atoms with van der Waals surface area (Å²) < 4.78 is 28.4. The van der Waals surface area contributed by atoms with Crippen LogP contribution in [0.15, 0.2) is 24.5 Å². The maximum Gasteiger partial charge on any atom is 0.388 e. The van der Waals surface area contributed by atoms with Crippen LogP contribution in [0.2, 0.25) is 0 Å². The van der Waals surface area contributed by atoms with Crippen LogP contribution in [-0.2, 0) is 5.54 Å². The normalized spacial score (nSPS) is 11.5. The van der Waals surface area contributed by atoms with Gasteiger partial charge in [0.1, 0.15) is 5.69 Å². The zero-order chi connectivity index (χ0) is 15.5. The Morgan fingerprint density at radius 3 is 2.86 bits per heavy atom. The first kappa shape index (κ1) is 14.8. The molecule has 9 heteroatoms. The van der Waals surface area contributed by atoms with E-state index in [0.717, 1.165) is 6.07 Å². The fraction of sp³-hybridized carbons (Fsp3) is 0.333. The van der Waals surface area contributed by atoms with Crippen molar-refractivity contribution in [1.82, 2.24) is 25.7 Å². The Labute approximate surface area is 118 Å². The number of hydrogen-bond acceptors (Lipinski definition) is 5. The highest BCUT2D eigenvalue weighted by molar-refractivity contribution is 5.94. The van der Waals surface area contributed by atoms with Crippen molar-refractivity contribution in [2.45, 2.75) is 26.0 Å². The largest absolute Gasteiger partial charge is 0.417 e. The van der Waals surface area contributed by atoms with E-state index in [-0.39, 0.29) is 11.4 Å². The molecule has 0 radical (unpaired) electrons. The van der Waals surface area contributed by atoms with Gasteiger partial charge in [-0.15, -0.1) is 0 Å². The van der Waals surface area contributed by atoms with Crippen LogP contribution in [0.3, 0.4) is 0 Å². The minimum atomic E-state index is -3.00. The molecule has 0 unspecified atom stereocenters. The molecule has 2 rings (SSSR count). The molecule has 1 amide bonds. The molecule has 0 atom stereocenters. The van der Waals surface area contributed by atoms with Crippen LogP contribution in [0.25, 0.3) is 0 Å². The Kier molecular flexibility index (Phi) is 4.10. The van der Waals surface area contributed by atoms with Gasteiger partial charge in [0.25, 0.3) is 5.91 Å². The van der Waals surface area contributed by atoms with E-state index in [1.165, 1.54) is 18.5 Å². The summed E-state index contributed by atoms with van der Waals surface area (Å²) in [6, 6.07) is 2.53. The van der Waals surface area contributed by atoms with E-state index in [9.17, 15) is 13.6 Å². The first-order valence-electron chi connectivity index (χ1n) is 5.98. The number of aromatic amines is 1. The van der Waals surface area contributed by atoms with Crippen molar-refractivity contribution in [3.63, 3.8) is 0 Å². The Morgan fingerprint density at radius 2 is 2.24 bits per heavy atom. The summed E-state index contributed by atoms with van der Waals surface area (Å²) in [6.07, 6.45) is 2.70. The van der Waals surface area contributed by atoms with Crippen molar-refractivity contribution >= 4 is 5.91 Å². The van der Waals surface area contributed by atoms with Crippen LogP contribution in [0, 0.1) is 0 Å². The highest BCUT2D eigenvalue weighted by Crippen LogP contribution is 2.18. The van der Waals surface area contributed by atoms with Gasteiger partial charge in [-0.05, 0) is 19.9 Å². The Bertz CT molecular complexity index is 616. The number of H-pyrrole nitrogens is 1. The molecule has 0 fully saturated rings. The summed E-state index contributed by atoms with van der Waals surface area (Å²) in [5.41, 5.74) is -0.0944. The third-order valence-electron chi connectivity index (χ3n) is 2.69. The fourth-order valence-electron chi connectivity index (χ4n) is 1.63. The lowest BCUT2D eigenvalue weighted by molar-refractivity contribution is -0.0529. The molecule has 0 aliphatic heterocycles. The smallest absolute Gasteiger partial charge is 0.388 e. The molecule has 2 aromatic heterocycles. The van der Waals surface area contributed by atoms with E-state index in [2.05, 4.69) is 30.4 Å². The summed E-state index contributed by atoms with van der Waals surface area (Å²) >= 11 is 0. The van der Waals surface area contributed by atoms with Gasteiger partial charge in [-0.1, -0.05) is 0 Å². The van der Waals surface area contributed by atoms with E-state index >= 15 is 0 Å². The molecule has 0 saturated carbocycles. The van der Waals surface area contributed by atoms with Gasteiger partial charge in [-0.3, -0.25) is 4.79 Å². The standard InChI is InChI=1S/C12H13F2N5O2/c1-12(2,8-6-16-19-18-8)17-10(20)7-3-4-15-9(5-7)21-11(13)14/h3-6,11H,1-2H3,(H,17,20)(H,16,18,19). The van der Waals surface area contributed by atoms with Gasteiger partial charge >= 0.3 is 6.61 Å². The average Bonchev–Trinajstić information content (AvgIpc) is 2.92. The number of alkyl halides is 2. The maximum absolute atomic E-state index is 12.2. The molecule has 0 spiro atoms. The molecule has 112 valence electrons. The average molecular weight is 297 g/mol. The number of nitrogens with one attached hydrogen (secondary N) is 2. The number of rotatable bonds is 5. The molecule has 0 aliphatic carbocycles. The minimum Gasteiger partial charge on any atom is -0.417 e. The maximum atomic E-state index is 12.2. The van der Waals surface area contributed by atoms with Gasteiger partial charge in [-0.2, -0.15) is 24.2 Å². The van der Waals surface area contributed by atoms with Crippen molar-refractivity contribution in [3.05, 3.63) is 35.8 Å². The SMILES string of the molecule is CC(C)(NC(=O)c1ccnc(OC(F)F)c1)c1cn[nH]n1. The highest BCUT2D eigenvalue weighted by atomic mass is 19.3. The number of amides is 1. The number of pyridine rings is 1. The highest BCUT2D eigenvalue weighted by Gasteiger charge is 2.26. The fourth-order valence-corrected chi connectivity index (χ4v) is 1.63. The summed E-state index contributed by atoms with van der Waals surface area (Å²) in [6.45, 7) is 0.475. The van der Waals surface area contributed by atoms with Crippen molar-refractivity contribution in [2.75, 3.05) is 0 Å². The predicted molar refractivity (Wildman–Crippen MR) is 67.7 cm³/mol. The van der Waals surface area contributed by atoms with Crippen LogP contribution < -0.4 is 10.1 Å². The molecule has 2 aromatic rings. The van der Waals surface area contributed by atoms with Crippen LogP contribution >= 0.6 is 0 Å². The van der Waals surface area contributed by atoms with E-state index in [0.29, 0.717) is 5.69 Å². The van der Waals surface area contributed by atoms with E-state index < -0.39 is 18.1 Å². The topological polar surface area (TPSA) is 92.8 Å². The van der Waals surface area contributed by atoms with Crippen molar-refractivity contribution < 1.29 is 18.3 Å². The Morgan fingerprint density at radius 1 is 1.48 bits per heavy atom. The minimum absolute atomic E-state index is 0.150. The lowest BCUT2D eigenvalue weighted by Crippen LogP contribution is -2.41. The van der Waals surface area contributed by atoms with Crippen molar-refractivity contribution in [2.24, 2.45) is 0 Å². The van der Waals surface area contributed by atoms with Gasteiger partial charge in [0.15, 0.2) is 0 Å². The molecule has 0 aromatic carbocycles. The van der Waals surface area contributed by atoms with Gasteiger partial charge in [0.2, 0.25) is 5.88 Å². The first-order valence-corrected chi connectivity index (χ1v) is 5.98. The molecular formula is C12H13F2N5O2. The molecule has 2 heterocycles. The van der Waals surface area contributed by atoms with Gasteiger partial charge in [0.05, 0.1) is 11.7 Å². The number of carbonyl (C=O) groups is 1. The summed E-state index contributed by atoms with van der Waals surface area (Å²) in [7, 11) is 0. The van der Waals surface area contributed by atoms with Crippen LogP contribution in [-0.4, -0.2) is 32.9 Å². The van der Waals surface area contributed by atoms with Crippen molar-refractivity contribution in [1.29, 1.82) is 0 Å². The zero-order valence-corrected chi connectivity index (χ0v) is 11.3. The summed E-state index contributed by atoms with van der Waals surface area (Å²) in [5, 5.41) is 12.8. The van der Waals surface area contributed by atoms with E-state index in [1.807, 2.05) is 0 Å². The number of ether oxygens (including phenoxy) is 1. The number of aromatic nitrogens is 4. The van der Waals surface area contributed by atoms with E-state index in [1.54, 1.807) is 13.8 Å². The Balaban J connectivity index is 2.13. The zero-order valence-electron chi connectivity index (χ0n) is 11.3. The molecule has 7 nitrogen and oxygen atoms in total. The first-order chi connectivity index (χ1) is 9.88. The summed E-state index contributed by atoms with van der Waals surface area (Å²) in [5.74, 6) is -0.790. The van der Waals surface area contributed by atoms with E-state index in [4.69, 9.17) is 0 Å². The molecule has 21 heavy (non-hydrogen) atoms. The third-order valence-corrected chi connectivity index (χ3v) is 2.69.